The van der Waals surface area contributed by atoms with Crippen LogP contribution in [0.3, 0.4) is 0 Å². The number of aliphatic imine (C=N–C) groups is 1. The highest BCUT2D eigenvalue weighted by molar-refractivity contribution is 5.88. The molecule has 1 aliphatic carbocycles. The van der Waals surface area contributed by atoms with Crippen molar-refractivity contribution in [1.29, 1.82) is 0 Å². The van der Waals surface area contributed by atoms with Crippen molar-refractivity contribution in [2.75, 3.05) is 0 Å². The Labute approximate surface area is 104 Å². The van der Waals surface area contributed by atoms with Gasteiger partial charge in [-0.3, -0.25) is 9.79 Å². The lowest BCUT2D eigenvalue weighted by Gasteiger charge is -2.51. The molecule has 3 atom stereocenters. The predicted molar refractivity (Wildman–Crippen MR) is 70.2 cm³/mol. The third-order valence-corrected chi connectivity index (χ3v) is 4.73. The Morgan fingerprint density at radius 3 is 2.65 bits per heavy atom. The van der Waals surface area contributed by atoms with E-state index in [0.717, 1.165) is 12.8 Å². The third kappa shape index (κ3) is 2.12. The van der Waals surface area contributed by atoms with Crippen LogP contribution in [0.2, 0.25) is 0 Å². The second kappa shape index (κ2) is 3.82. The van der Waals surface area contributed by atoms with Crippen LogP contribution in [0.1, 0.15) is 53.9 Å². The molecule has 0 saturated heterocycles. The van der Waals surface area contributed by atoms with Gasteiger partial charge in [0.25, 0.3) is 0 Å². The van der Waals surface area contributed by atoms with Crippen molar-refractivity contribution in [2.24, 2.45) is 16.8 Å². The van der Waals surface area contributed by atoms with Crippen molar-refractivity contribution in [3.05, 3.63) is 0 Å². The molecule has 3 heteroatoms. The lowest BCUT2D eigenvalue weighted by molar-refractivity contribution is -0.121. The lowest BCUT2D eigenvalue weighted by Crippen LogP contribution is -2.59. The first-order valence-electron chi connectivity index (χ1n) is 6.60. The van der Waals surface area contributed by atoms with Gasteiger partial charge in [0.05, 0.1) is 5.54 Å². The van der Waals surface area contributed by atoms with Gasteiger partial charge in [-0.05, 0) is 52.9 Å². The number of nitrogens with one attached hydrogen (secondary N) is 1. The summed E-state index contributed by atoms with van der Waals surface area (Å²) in [4.78, 5) is 16.2. The standard InChI is InChI=1S/C14H24N2O/c1-9-12-8-11(13(3,4)15-9)6-7-14(12,5)16-10(2)17/h11-12H,6-8H2,1-5H3,(H,16,17)/t11-,12+,14+/m0/s1. The molecule has 17 heavy (non-hydrogen) atoms. The molecule has 2 rings (SSSR count). The highest BCUT2D eigenvalue weighted by Crippen LogP contribution is 2.46. The summed E-state index contributed by atoms with van der Waals surface area (Å²) >= 11 is 0. The second-order valence-corrected chi connectivity index (χ2v) is 6.53. The summed E-state index contributed by atoms with van der Waals surface area (Å²) in [6, 6.07) is 0. The van der Waals surface area contributed by atoms with E-state index in [1.807, 2.05) is 0 Å². The molecule has 1 aliphatic heterocycles. The number of fused-ring (bicyclic) bond motifs is 2. The van der Waals surface area contributed by atoms with E-state index in [4.69, 9.17) is 4.99 Å². The van der Waals surface area contributed by atoms with Gasteiger partial charge in [-0.2, -0.15) is 0 Å². The smallest absolute Gasteiger partial charge is 0.217 e. The van der Waals surface area contributed by atoms with Crippen LogP contribution in [-0.2, 0) is 4.79 Å². The van der Waals surface area contributed by atoms with E-state index >= 15 is 0 Å². The molecule has 1 fully saturated rings. The SMILES string of the molecule is CC(=O)N[C@]1(C)CC[C@H]2C[C@@H]1C(C)=NC2(C)C. The fourth-order valence-corrected chi connectivity index (χ4v) is 3.76. The van der Waals surface area contributed by atoms with Gasteiger partial charge in [0, 0.05) is 24.1 Å². The Morgan fingerprint density at radius 2 is 2.06 bits per heavy atom. The molecule has 1 amide bonds. The Morgan fingerprint density at radius 1 is 1.41 bits per heavy atom. The van der Waals surface area contributed by atoms with Gasteiger partial charge in [-0.15, -0.1) is 0 Å². The van der Waals surface area contributed by atoms with Gasteiger partial charge in [-0.25, -0.2) is 0 Å². The van der Waals surface area contributed by atoms with E-state index in [1.54, 1.807) is 6.92 Å². The number of amides is 1. The van der Waals surface area contributed by atoms with E-state index in [2.05, 4.69) is 33.0 Å². The van der Waals surface area contributed by atoms with E-state index < -0.39 is 0 Å². The van der Waals surface area contributed by atoms with Gasteiger partial charge in [0.15, 0.2) is 0 Å². The van der Waals surface area contributed by atoms with Gasteiger partial charge in [0.2, 0.25) is 5.91 Å². The van der Waals surface area contributed by atoms with E-state index in [-0.39, 0.29) is 17.0 Å². The minimum absolute atomic E-state index is 0.0728. The molecule has 0 aromatic carbocycles. The van der Waals surface area contributed by atoms with Crippen LogP contribution in [0.4, 0.5) is 0 Å². The second-order valence-electron chi connectivity index (χ2n) is 6.53. The fourth-order valence-electron chi connectivity index (χ4n) is 3.76. The molecule has 2 aliphatic rings. The first-order chi connectivity index (χ1) is 7.74. The van der Waals surface area contributed by atoms with Crippen LogP contribution in [0.5, 0.6) is 0 Å². The summed E-state index contributed by atoms with van der Waals surface area (Å²) in [5.74, 6) is 1.15. The molecule has 0 unspecified atom stereocenters. The van der Waals surface area contributed by atoms with Gasteiger partial charge in [-0.1, -0.05) is 0 Å². The zero-order chi connectivity index (χ0) is 12.8. The molecule has 0 aromatic heterocycles. The summed E-state index contributed by atoms with van der Waals surface area (Å²) in [5.41, 5.74) is 1.20. The van der Waals surface area contributed by atoms with E-state index in [0.29, 0.717) is 11.8 Å². The average Bonchev–Trinajstić information content (AvgIpc) is 2.13. The van der Waals surface area contributed by atoms with Crippen LogP contribution in [0.15, 0.2) is 4.99 Å². The van der Waals surface area contributed by atoms with Crippen molar-refractivity contribution < 1.29 is 4.79 Å². The monoisotopic (exact) mass is 236 g/mol. The summed E-state index contributed by atoms with van der Waals surface area (Å²) in [6.07, 6.45) is 3.40. The van der Waals surface area contributed by atoms with E-state index in [9.17, 15) is 4.79 Å². The zero-order valence-electron chi connectivity index (χ0n) is 11.6. The molecule has 2 bridgehead atoms. The average molecular weight is 236 g/mol. The third-order valence-electron chi connectivity index (χ3n) is 4.73. The van der Waals surface area contributed by atoms with Crippen molar-refractivity contribution in [2.45, 2.75) is 65.0 Å². The van der Waals surface area contributed by atoms with Crippen LogP contribution >= 0.6 is 0 Å². The van der Waals surface area contributed by atoms with Crippen molar-refractivity contribution in [1.82, 2.24) is 5.32 Å². The number of hydrogen-bond acceptors (Lipinski definition) is 2. The summed E-state index contributed by atoms with van der Waals surface area (Å²) in [6.45, 7) is 10.4. The molecule has 1 saturated carbocycles. The van der Waals surface area contributed by atoms with Gasteiger partial charge < -0.3 is 5.32 Å². The molecule has 0 radical (unpaired) electrons. The largest absolute Gasteiger partial charge is 0.351 e. The number of hydrogen-bond donors (Lipinski definition) is 1. The maximum atomic E-state index is 11.4. The normalized spacial score (nSPS) is 39.5. The quantitative estimate of drug-likeness (QED) is 0.747. The first kappa shape index (κ1) is 12.6. The highest BCUT2D eigenvalue weighted by Gasteiger charge is 2.48. The fraction of sp³-hybridized carbons (Fsp3) is 0.857. The summed E-state index contributed by atoms with van der Waals surface area (Å²) < 4.78 is 0. The Balaban J connectivity index is 2.31. The lowest BCUT2D eigenvalue weighted by atomic mass is 9.61. The molecule has 0 spiro atoms. The summed E-state index contributed by atoms with van der Waals surface area (Å²) in [7, 11) is 0. The van der Waals surface area contributed by atoms with Crippen LogP contribution in [-0.4, -0.2) is 22.7 Å². The maximum Gasteiger partial charge on any atom is 0.217 e. The molecule has 96 valence electrons. The number of carbonyl (C=O) groups excluding carboxylic acids is 1. The van der Waals surface area contributed by atoms with Crippen molar-refractivity contribution in [3.8, 4) is 0 Å². The minimum Gasteiger partial charge on any atom is -0.351 e. The highest BCUT2D eigenvalue weighted by atomic mass is 16.1. The number of rotatable bonds is 1. The van der Waals surface area contributed by atoms with Crippen LogP contribution in [0.25, 0.3) is 0 Å². The maximum absolute atomic E-state index is 11.4. The molecule has 1 heterocycles. The molecular weight excluding hydrogens is 212 g/mol. The first-order valence-corrected chi connectivity index (χ1v) is 6.60. The number of carbonyl (C=O) groups is 1. The summed E-state index contributed by atoms with van der Waals surface area (Å²) in [5, 5.41) is 3.15. The van der Waals surface area contributed by atoms with Gasteiger partial charge in [0.1, 0.15) is 0 Å². The minimum atomic E-state index is -0.0909. The topological polar surface area (TPSA) is 41.5 Å². The Hall–Kier alpha value is -0.860. The van der Waals surface area contributed by atoms with Crippen LogP contribution in [0, 0.1) is 11.8 Å². The van der Waals surface area contributed by atoms with E-state index in [1.165, 1.54) is 12.1 Å². The van der Waals surface area contributed by atoms with Crippen LogP contribution < -0.4 is 5.32 Å². The molecular formula is C14H24N2O. The molecule has 0 aromatic rings. The van der Waals surface area contributed by atoms with Crippen molar-refractivity contribution in [3.63, 3.8) is 0 Å². The zero-order valence-corrected chi connectivity index (χ0v) is 11.6. The van der Waals surface area contributed by atoms with Gasteiger partial charge >= 0.3 is 0 Å². The Kier molecular flexibility index (Phi) is 2.83. The molecule has 1 N–H and O–H groups in total. The molecule has 3 nitrogen and oxygen atoms in total. The Bertz CT molecular complexity index is 372. The number of nitrogens with zero attached hydrogens (tertiary/aromatic N) is 1. The van der Waals surface area contributed by atoms with Crippen molar-refractivity contribution >= 4 is 11.6 Å². The predicted octanol–water partition coefficient (Wildman–Crippen LogP) is 2.55.